The van der Waals surface area contributed by atoms with Crippen molar-refractivity contribution in [3.05, 3.63) is 53.1 Å². The fourth-order valence-corrected chi connectivity index (χ4v) is 2.71. The fraction of sp³-hybridized carbons (Fsp3) is 0.167. The molecule has 1 aromatic heterocycles. The summed E-state index contributed by atoms with van der Waals surface area (Å²) in [6, 6.07) is 7.54. The molecule has 2 aliphatic heterocycles. The van der Waals surface area contributed by atoms with Crippen molar-refractivity contribution in [2.45, 2.75) is 6.54 Å². The van der Waals surface area contributed by atoms with Crippen molar-refractivity contribution >= 4 is 24.0 Å². The lowest BCUT2D eigenvalue weighted by molar-refractivity contribution is -0.123. The largest absolute Gasteiger partial charge is 0.463 e. The van der Waals surface area contributed by atoms with Crippen LogP contribution in [-0.4, -0.2) is 36.7 Å². The Balaban J connectivity index is 1.51. The third-order valence-electron chi connectivity index (χ3n) is 4.03. The van der Waals surface area contributed by atoms with Crippen molar-refractivity contribution in [2.24, 2.45) is 0 Å². The van der Waals surface area contributed by atoms with Crippen LogP contribution in [-0.2, 0) is 16.1 Å². The SMILES string of the molecule is COC(=O)c1ccc(CN2C(=O)N/C(=C\c3ccc4c(c3)OCO4)C2=O)o1. The number of hydrogen-bond donors (Lipinski definition) is 1. The van der Waals surface area contributed by atoms with Crippen LogP contribution in [0.25, 0.3) is 6.08 Å². The van der Waals surface area contributed by atoms with Crippen LogP contribution in [0, 0.1) is 0 Å². The molecule has 4 rings (SSSR count). The summed E-state index contributed by atoms with van der Waals surface area (Å²) in [4.78, 5) is 37.1. The third kappa shape index (κ3) is 3.10. The van der Waals surface area contributed by atoms with Crippen molar-refractivity contribution in [1.29, 1.82) is 0 Å². The monoisotopic (exact) mass is 370 g/mol. The van der Waals surface area contributed by atoms with Crippen LogP contribution in [0.3, 0.4) is 0 Å². The highest BCUT2D eigenvalue weighted by Gasteiger charge is 2.34. The van der Waals surface area contributed by atoms with E-state index in [0.29, 0.717) is 17.1 Å². The van der Waals surface area contributed by atoms with E-state index < -0.39 is 17.9 Å². The second-order valence-corrected chi connectivity index (χ2v) is 5.75. The van der Waals surface area contributed by atoms with Crippen molar-refractivity contribution in [3.8, 4) is 11.5 Å². The molecule has 9 nitrogen and oxygen atoms in total. The molecule has 0 spiro atoms. The molecule has 9 heteroatoms. The van der Waals surface area contributed by atoms with Gasteiger partial charge in [0.05, 0.1) is 13.7 Å². The van der Waals surface area contributed by atoms with Crippen LogP contribution in [0.15, 0.2) is 40.4 Å². The summed E-state index contributed by atoms with van der Waals surface area (Å²) in [5.41, 5.74) is 0.800. The van der Waals surface area contributed by atoms with Crippen LogP contribution in [0.1, 0.15) is 21.9 Å². The molecule has 0 radical (unpaired) electrons. The fourth-order valence-electron chi connectivity index (χ4n) is 2.71. The number of carbonyl (C=O) groups excluding carboxylic acids is 3. The Morgan fingerprint density at radius 2 is 2.04 bits per heavy atom. The number of carbonyl (C=O) groups is 3. The number of amides is 3. The molecule has 1 aromatic carbocycles. The molecule has 1 N–H and O–H groups in total. The van der Waals surface area contributed by atoms with Crippen LogP contribution in [0.5, 0.6) is 11.5 Å². The van der Waals surface area contributed by atoms with Crippen LogP contribution >= 0.6 is 0 Å². The number of ether oxygens (including phenoxy) is 3. The number of urea groups is 1. The Morgan fingerprint density at radius 1 is 1.22 bits per heavy atom. The summed E-state index contributed by atoms with van der Waals surface area (Å²) in [5.74, 6) is 0.332. The van der Waals surface area contributed by atoms with Crippen molar-refractivity contribution in [2.75, 3.05) is 13.9 Å². The zero-order chi connectivity index (χ0) is 19.0. The lowest BCUT2D eigenvalue weighted by Gasteiger charge is -2.09. The minimum Gasteiger partial charge on any atom is -0.463 e. The molecule has 2 aromatic rings. The Morgan fingerprint density at radius 3 is 2.85 bits per heavy atom. The maximum Gasteiger partial charge on any atom is 0.373 e. The Labute approximate surface area is 153 Å². The van der Waals surface area contributed by atoms with Gasteiger partial charge in [-0.25, -0.2) is 9.59 Å². The Hall–Kier alpha value is -3.75. The van der Waals surface area contributed by atoms with E-state index in [9.17, 15) is 14.4 Å². The van der Waals surface area contributed by atoms with Gasteiger partial charge >= 0.3 is 12.0 Å². The van der Waals surface area contributed by atoms with E-state index in [1.807, 2.05) is 0 Å². The average Bonchev–Trinajstić information content (AvgIpc) is 3.37. The molecule has 27 heavy (non-hydrogen) atoms. The van der Waals surface area contributed by atoms with Crippen LogP contribution in [0.2, 0.25) is 0 Å². The molecule has 1 fully saturated rings. The minimum atomic E-state index is -0.637. The number of rotatable bonds is 4. The number of esters is 1. The maximum atomic E-state index is 12.5. The van der Waals surface area contributed by atoms with Gasteiger partial charge in [0.25, 0.3) is 5.91 Å². The number of imide groups is 1. The second kappa shape index (κ2) is 6.52. The van der Waals surface area contributed by atoms with E-state index in [4.69, 9.17) is 13.9 Å². The molecule has 3 heterocycles. The predicted octanol–water partition coefficient (Wildman–Crippen LogP) is 1.89. The molecule has 0 bridgehead atoms. The summed E-state index contributed by atoms with van der Waals surface area (Å²) in [5, 5.41) is 2.52. The molecular formula is C18H14N2O7. The topological polar surface area (TPSA) is 107 Å². The first-order valence-electron chi connectivity index (χ1n) is 7.96. The van der Waals surface area contributed by atoms with Crippen LogP contribution in [0.4, 0.5) is 4.79 Å². The van der Waals surface area contributed by atoms with E-state index in [1.165, 1.54) is 19.2 Å². The zero-order valence-corrected chi connectivity index (χ0v) is 14.2. The first kappa shape index (κ1) is 16.7. The van der Waals surface area contributed by atoms with Crippen molar-refractivity contribution in [1.82, 2.24) is 10.2 Å². The van der Waals surface area contributed by atoms with E-state index in [1.54, 1.807) is 24.3 Å². The van der Waals surface area contributed by atoms with E-state index in [0.717, 1.165) is 4.90 Å². The van der Waals surface area contributed by atoms with E-state index in [-0.39, 0.29) is 30.6 Å². The van der Waals surface area contributed by atoms with Gasteiger partial charge in [0.2, 0.25) is 12.6 Å². The minimum absolute atomic E-state index is 0.00400. The number of nitrogens with zero attached hydrogens (tertiary/aromatic N) is 1. The summed E-state index contributed by atoms with van der Waals surface area (Å²) >= 11 is 0. The standard InChI is InChI=1S/C18H14N2O7/c1-24-17(22)14-5-3-11(27-14)8-20-16(21)12(19-18(20)23)6-10-2-4-13-15(7-10)26-9-25-13/h2-7H,8-9H2,1H3,(H,19,23)/b12-6-. The highest BCUT2D eigenvalue weighted by molar-refractivity contribution is 6.13. The first-order valence-corrected chi connectivity index (χ1v) is 7.96. The van der Waals surface area contributed by atoms with Gasteiger partial charge in [0, 0.05) is 0 Å². The molecular weight excluding hydrogens is 356 g/mol. The van der Waals surface area contributed by atoms with Crippen molar-refractivity contribution < 1.29 is 33.0 Å². The predicted molar refractivity (Wildman–Crippen MR) is 89.7 cm³/mol. The Bertz CT molecular complexity index is 976. The van der Waals surface area contributed by atoms with Gasteiger partial charge in [-0.3, -0.25) is 9.69 Å². The number of furan rings is 1. The number of methoxy groups -OCH3 is 1. The van der Waals surface area contributed by atoms with Gasteiger partial charge in [0.1, 0.15) is 11.5 Å². The summed E-state index contributed by atoms with van der Waals surface area (Å²) in [6.45, 7) is 0.0374. The molecule has 0 saturated carbocycles. The summed E-state index contributed by atoms with van der Waals surface area (Å²) in [7, 11) is 1.23. The first-order chi connectivity index (χ1) is 13.0. The van der Waals surface area contributed by atoms with Crippen LogP contribution < -0.4 is 14.8 Å². The highest BCUT2D eigenvalue weighted by atomic mass is 16.7. The molecule has 3 amide bonds. The lowest BCUT2D eigenvalue weighted by Crippen LogP contribution is -2.30. The number of benzene rings is 1. The number of nitrogens with one attached hydrogen (secondary N) is 1. The molecule has 1 saturated heterocycles. The molecule has 0 atom stereocenters. The number of fused-ring (bicyclic) bond motifs is 1. The van der Waals surface area contributed by atoms with Gasteiger partial charge < -0.3 is 23.9 Å². The Kier molecular flexibility index (Phi) is 4.03. The molecule has 138 valence electrons. The molecule has 2 aliphatic rings. The normalized spacial score (nSPS) is 16.8. The smallest absolute Gasteiger partial charge is 0.373 e. The van der Waals surface area contributed by atoms with E-state index in [2.05, 4.69) is 10.1 Å². The molecule has 0 aliphatic carbocycles. The zero-order valence-electron chi connectivity index (χ0n) is 14.2. The second-order valence-electron chi connectivity index (χ2n) is 5.75. The summed E-state index contributed by atoms with van der Waals surface area (Å²) in [6.07, 6.45) is 1.55. The average molecular weight is 370 g/mol. The van der Waals surface area contributed by atoms with Gasteiger partial charge in [0.15, 0.2) is 11.5 Å². The number of hydrogen-bond acceptors (Lipinski definition) is 7. The lowest BCUT2D eigenvalue weighted by atomic mass is 10.1. The van der Waals surface area contributed by atoms with E-state index >= 15 is 0 Å². The van der Waals surface area contributed by atoms with Gasteiger partial charge in [-0.05, 0) is 35.9 Å². The maximum absolute atomic E-state index is 12.5. The quantitative estimate of drug-likeness (QED) is 0.497. The third-order valence-corrected chi connectivity index (χ3v) is 4.03. The highest BCUT2D eigenvalue weighted by Crippen LogP contribution is 2.33. The van der Waals surface area contributed by atoms with Gasteiger partial charge in [-0.2, -0.15) is 0 Å². The van der Waals surface area contributed by atoms with Gasteiger partial charge in [-0.1, -0.05) is 6.07 Å². The van der Waals surface area contributed by atoms with Crippen molar-refractivity contribution in [3.63, 3.8) is 0 Å². The van der Waals surface area contributed by atoms with Gasteiger partial charge in [-0.15, -0.1) is 0 Å². The summed E-state index contributed by atoms with van der Waals surface area (Å²) < 4.78 is 20.4. The molecule has 0 unspecified atom stereocenters.